The van der Waals surface area contributed by atoms with Crippen LogP contribution in [0.2, 0.25) is 0 Å². The van der Waals surface area contributed by atoms with Crippen LogP contribution in [0.5, 0.6) is 0 Å². The number of rotatable bonds is 6. The molecule has 8 nitrogen and oxygen atoms in total. The zero-order valence-electron chi connectivity index (χ0n) is 23.7. The van der Waals surface area contributed by atoms with Crippen LogP contribution in [0, 0.1) is 18.7 Å². The lowest BCUT2D eigenvalue weighted by molar-refractivity contribution is -0.0183. The molecule has 1 aliphatic carbocycles. The molecular formula is C32H32FN5O3S. The van der Waals surface area contributed by atoms with Gasteiger partial charge in [-0.2, -0.15) is 14.5 Å². The van der Waals surface area contributed by atoms with E-state index in [0.29, 0.717) is 25.9 Å². The first kappa shape index (κ1) is 27.0. The number of aromatic nitrogens is 4. The van der Waals surface area contributed by atoms with Gasteiger partial charge < -0.3 is 4.74 Å². The first-order valence-corrected chi connectivity index (χ1v) is 15.4. The number of hydrogen-bond donors (Lipinski definition) is 0. The summed E-state index contributed by atoms with van der Waals surface area (Å²) in [6, 6.07) is 20.8. The molecule has 2 aliphatic rings. The van der Waals surface area contributed by atoms with E-state index in [-0.39, 0.29) is 16.6 Å². The van der Waals surface area contributed by atoms with Gasteiger partial charge in [0.2, 0.25) is 10.0 Å². The molecule has 2 aromatic heterocycles. The van der Waals surface area contributed by atoms with Crippen LogP contribution < -0.4 is 0 Å². The molecular weight excluding hydrogens is 553 g/mol. The number of nitrogens with zero attached hydrogens (tertiary/aromatic N) is 5. The molecule has 5 aromatic rings. The fourth-order valence-electron chi connectivity index (χ4n) is 7.37. The highest BCUT2D eigenvalue weighted by molar-refractivity contribution is 7.89. The molecule has 2 fully saturated rings. The third-order valence-electron chi connectivity index (χ3n) is 9.37. The van der Waals surface area contributed by atoms with Gasteiger partial charge in [0.25, 0.3) is 0 Å². The maximum absolute atomic E-state index is 13.8. The quantitative estimate of drug-likeness (QED) is 0.277. The molecule has 3 atom stereocenters. The van der Waals surface area contributed by atoms with Crippen LogP contribution in [-0.2, 0) is 32.8 Å². The Morgan fingerprint density at radius 3 is 2.48 bits per heavy atom. The van der Waals surface area contributed by atoms with Crippen molar-refractivity contribution in [3.05, 3.63) is 108 Å². The summed E-state index contributed by atoms with van der Waals surface area (Å²) >= 11 is 0. The van der Waals surface area contributed by atoms with E-state index in [0.717, 1.165) is 33.3 Å². The molecule has 3 aromatic carbocycles. The Labute approximate surface area is 244 Å². The Morgan fingerprint density at radius 2 is 1.79 bits per heavy atom. The molecule has 0 N–H and O–H groups in total. The third-order valence-corrected chi connectivity index (χ3v) is 11.1. The van der Waals surface area contributed by atoms with Crippen LogP contribution in [0.25, 0.3) is 16.6 Å². The number of benzene rings is 3. The van der Waals surface area contributed by atoms with Gasteiger partial charge >= 0.3 is 0 Å². The lowest BCUT2D eigenvalue weighted by Crippen LogP contribution is -2.38. The van der Waals surface area contributed by atoms with Gasteiger partial charge in [0.05, 0.1) is 29.2 Å². The van der Waals surface area contributed by atoms with E-state index in [2.05, 4.69) is 41.4 Å². The first-order valence-electron chi connectivity index (χ1n) is 14.0. The average molecular weight is 586 g/mol. The van der Waals surface area contributed by atoms with Gasteiger partial charge in [-0.25, -0.2) is 17.5 Å². The van der Waals surface area contributed by atoms with Crippen LogP contribution in [-0.4, -0.2) is 52.5 Å². The molecule has 1 saturated heterocycles. The van der Waals surface area contributed by atoms with Crippen molar-refractivity contribution < 1.29 is 17.5 Å². The minimum atomic E-state index is -3.74. The molecule has 0 radical (unpaired) electrons. The Hall–Kier alpha value is -3.86. The van der Waals surface area contributed by atoms with Crippen LogP contribution >= 0.6 is 0 Å². The van der Waals surface area contributed by atoms with Gasteiger partial charge in [0.1, 0.15) is 10.7 Å². The van der Waals surface area contributed by atoms with Crippen molar-refractivity contribution in [2.75, 3.05) is 20.2 Å². The van der Waals surface area contributed by atoms with Gasteiger partial charge in [-0.1, -0.05) is 30.3 Å². The minimum absolute atomic E-state index is 0.0207. The lowest BCUT2D eigenvalue weighted by Gasteiger charge is -2.35. The summed E-state index contributed by atoms with van der Waals surface area (Å²) in [5, 5.41) is 9.69. The molecule has 0 bridgehead atoms. The van der Waals surface area contributed by atoms with Crippen molar-refractivity contribution in [2.24, 2.45) is 13.0 Å². The summed E-state index contributed by atoms with van der Waals surface area (Å²) in [6.45, 7) is 2.81. The topological polar surface area (TPSA) is 82.2 Å². The molecule has 1 unspecified atom stereocenters. The Kier molecular flexibility index (Phi) is 6.16. The van der Waals surface area contributed by atoms with Crippen LogP contribution in [0.4, 0.5) is 4.39 Å². The van der Waals surface area contributed by atoms with Crippen LogP contribution in [0.15, 0.2) is 90.2 Å². The van der Waals surface area contributed by atoms with E-state index < -0.39 is 21.0 Å². The second kappa shape index (κ2) is 9.58. The van der Waals surface area contributed by atoms with E-state index in [1.54, 1.807) is 36.8 Å². The lowest BCUT2D eigenvalue weighted by atomic mass is 9.72. The van der Waals surface area contributed by atoms with Crippen molar-refractivity contribution in [3.8, 4) is 5.69 Å². The molecule has 216 valence electrons. The summed E-state index contributed by atoms with van der Waals surface area (Å²) < 4.78 is 52.6. The zero-order valence-corrected chi connectivity index (χ0v) is 24.6. The highest BCUT2D eigenvalue weighted by Gasteiger charge is 2.62. The fourth-order valence-corrected chi connectivity index (χ4v) is 8.91. The van der Waals surface area contributed by atoms with Gasteiger partial charge in [0, 0.05) is 44.2 Å². The smallest absolute Gasteiger partial charge is 0.246 e. The van der Waals surface area contributed by atoms with Crippen molar-refractivity contribution in [3.63, 3.8) is 0 Å². The molecule has 10 heteroatoms. The van der Waals surface area contributed by atoms with Crippen molar-refractivity contribution in [1.29, 1.82) is 0 Å². The normalized spacial score (nSPS) is 24.4. The average Bonchev–Trinajstić information content (AvgIpc) is 3.75. The second-order valence-electron chi connectivity index (χ2n) is 11.7. The van der Waals surface area contributed by atoms with Crippen molar-refractivity contribution >= 4 is 20.9 Å². The molecule has 1 aliphatic heterocycles. The molecule has 42 heavy (non-hydrogen) atoms. The number of sulfonamides is 1. The maximum atomic E-state index is 13.8. The van der Waals surface area contributed by atoms with E-state index in [1.807, 2.05) is 29.1 Å². The van der Waals surface area contributed by atoms with E-state index in [4.69, 9.17) is 4.74 Å². The first-order chi connectivity index (χ1) is 20.1. The summed E-state index contributed by atoms with van der Waals surface area (Å²) in [6.07, 6.45) is 6.13. The van der Waals surface area contributed by atoms with E-state index in [1.165, 1.54) is 23.0 Å². The number of aryl methyl sites for hydroxylation is 2. The summed E-state index contributed by atoms with van der Waals surface area (Å²) in [5.41, 5.74) is 3.91. The minimum Gasteiger partial charge on any atom is -0.373 e. The van der Waals surface area contributed by atoms with Gasteiger partial charge in [-0.05, 0) is 78.8 Å². The van der Waals surface area contributed by atoms with Crippen LogP contribution in [0.1, 0.15) is 29.5 Å². The van der Waals surface area contributed by atoms with Gasteiger partial charge in [-0.15, -0.1) is 0 Å². The highest BCUT2D eigenvalue weighted by Crippen LogP contribution is 2.60. The summed E-state index contributed by atoms with van der Waals surface area (Å²) in [5.74, 6) is -0.278. The van der Waals surface area contributed by atoms with E-state index in [9.17, 15) is 12.8 Å². The van der Waals surface area contributed by atoms with E-state index >= 15 is 0 Å². The summed E-state index contributed by atoms with van der Waals surface area (Å²) in [7, 11) is -0.266. The number of methoxy groups -OCH3 is 1. The maximum Gasteiger partial charge on any atom is 0.246 e. The van der Waals surface area contributed by atoms with Gasteiger partial charge in [-0.3, -0.25) is 4.68 Å². The largest absolute Gasteiger partial charge is 0.373 e. The fraction of sp³-hybridized carbons (Fsp3) is 0.312. The Bertz CT molecular complexity index is 1900. The predicted molar refractivity (Wildman–Crippen MR) is 157 cm³/mol. The standard InChI is InChI=1S/C32H32FN5O3S/c1-22-13-30-23(16-35-38(30)27-11-9-26(33)10-12-27)14-29(22)31-20-32(41-3,24-7-5-4-6-8-24)15-25(31)18-37(21-31)42(39,40)28-17-34-36(2)19-28/h4-14,16-17,19,25H,15,18,20-21H2,1-3H3/t25-,31?,32-/m0/s1. The zero-order chi connectivity index (χ0) is 29.3. The second-order valence-corrected chi connectivity index (χ2v) is 13.6. The molecule has 3 heterocycles. The highest BCUT2D eigenvalue weighted by atomic mass is 32.2. The van der Waals surface area contributed by atoms with Crippen molar-refractivity contribution in [1.82, 2.24) is 23.9 Å². The molecule has 7 rings (SSSR count). The van der Waals surface area contributed by atoms with Gasteiger partial charge in [0.15, 0.2) is 0 Å². The Morgan fingerprint density at radius 1 is 1.02 bits per heavy atom. The number of fused-ring (bicyclic) bond motifs is 2. The number of ether oxygens (including phenoxy) is 1. The third kappa shape index (κ3) is 4.04. The molecule has 0 spiro atoms. The number of halogens is 1. The molecule has 0 amide bonds. The van der Waals surface area contributed by atoms with Crippen LogP contribution in [0.3, 0.4) is 0 Å². The number of hydrogen-bond acceptors (Lipinski definition) is 5. The predicted octanol–water partition coefficient (Wildman–Crippen LogP) is 5.10. The SMILES string of the molecule is CO[C@@]1(c2ccccc2)C[C@H]2CN(S(=O)(=O)c3cnn(C)c3)CC2(c2cc3cnn(-c4ccc(F)cc4)c3cc2C)C1. The Balaban J connectivity index is 1.36. The summed E-state index contributed by atoms with van der Waals surface area (Å²) in [4.78, 5) is 0.203. The van der Waals surface area contributed by atoms with Crippen molar-refractivity contribution in [2.45, 2.75) is 35.7 Å². The molecule has 1 saturated carbocycles. The monoisotopic (exact) mass is 585 g/mol.